The van der Waals surface area contributed by atoms with Gasteiger partial charge in [-0.15, -0.1) is 0 Å². The first kappa shape index (κ1) is 14.5. The van der Waals surface area contributed by atoms with E-state index in [0.29, 0.717) is 12.2 Å². The van der Waals surface area contributed by atoms with Crippen LogP contribution in [0.25, 0.3) is 0 Å². The van der Waals surface area contributed by atoms with Crippen molar-refractivity contribution in [2.75, 3.05) is 18.5 Å². The summed E-state index contributed by atoms with van der Waals surface area (Å²) >= 11 is 5.70. The molecule has 20 heavy (non-hydrogen) atoms. The summed E-state index contributed by atoms with van der Waals surface area (Å²) in [6.45, 7) is 0.473. The number of hydrogen-bond acceptors (Lipinski definition) is 4. The maximum absolute atomic E-state index is 12.1. The predicted molar refractivity (Wildman–Crippen MR) is 73.9 cm³/mol. The fourth-order valence-electron chi connectivity index (χ4n) is 2.22. The van der Waals surface area contributed by atoms with E-state index < -0.39 is 4.92 Å². The number of nitrogens with one attached hydrogen (secondary N) is 1. The van der Waals surface area contributed by atoms with Crippen LogP contribution >= 0.6 is 11.6 Å². The smallest absolute Gasteiger partial charge is 0.322 e. The van der Waals surface area contributed by atoms with E-state index in [1.54, 1.807) is 0 Å². The summed E-state index contributed by atoms with van der Waals surface area (Å²) in [5.74, 6) is 0. The van der Waals surface area contributed by atoms with Crippen molar-refractivity contribution in [2.24, 2.45) is 0 Å². The van der Waals surface area contributed by atoms with Crippen molar-refractivity contribution < 1.29 is 14.8 Å². The van der Waals surface area contributed by atoms with Gasteiger partial charge in [-0.05, 0) is 25.0 Å². The molecule has 1 saturated heterocycles. The Kier molecular flexibility index (Phi) is 4.41. The molecule has 8 heteroatoms. The number of aliphatic hydroxyl groups excluding tert-OH is 1. The number of nitro benzene ring substituents is 1. The van der Waals surface area contributed by atoms with E-state index in [0.717, 1.165) is 12.8 Å². The van der Waals surface area contributed by atoms with Crippen molar-refractivity contribution in [3.8, 4) is 0 Å². The van der Waals surface area contributed by atoms with Gasteiger partial charge >= 0.3 is 6.03 Å². The molecule has 1 heterocycles. The molecule has 1 aromatic carbocycles. The van der Waals surface area contributed by atoms with Crippen LogP contribution in [0.1, 0.15) is 12.8 Å². The van der Waals surface area contributed by atoms with Crippen molar-refractivity contribution in [3.05, 3.63) is 33.3 Å². The molecular formula is C12H14ClN3O4. The number of anilines is 1. The third-order valence-corrected chi connectivity index (χ3v) is 3.56. The molecule has 1 aliphatic heterocycles. The molecule has 0 bridgehead atoms. The number of carbonyl (C=O) groups is 1. The summed E-state index contributed by atoms with van der Waals surface area (Å²) < 4.78 is 0. The van der Waals surface area contributed by atoms with Gasteiger partial charge in [0.05, 0.1) is 17.6 Å². The Morgan fingerprint density at radius 2 is 2.35 bits per heavy atom. The second-order valence-electron chi connectivity index (χ2n) is 4.53. The summed E-state index contributed by atoms with van der Waals surface area (Å²) in [5, 5.41) is 22.6. The number of halogens is 1. The number of carbonyl (C=O) groups excluding carboxylic acids is 1. The van der Waals surface area contributed by atoms with Gasteiger partial charge in [-0.3, -0.25) is 10.1 Å². The highest BCUT2D eigenvalue weighted by atomic mass is 35.5. The van der Waals surface area contributed by atoms with Crippen molar-refractivity contribution in [3.63, 3.8) is 0 Å². The number of nitro groups is 1. The van der Waals surface area contributed by atoms with E-state index >= 15 is 0 Å². The van der Waals surface area contributed by atoms with Crippen LogP contribution in [0.2, 0.25) is 5.02 Å². The van der Waals surface area contributed by atoms with Crippen LogP contribution in [-0.4, -0.2) is 40.2 Å². The molecule has 0 aromatic heterocycles. The van der Waals surface area contributed by atoms with Crippen LogP contribution in [0.3, 0.4) is 0 Å². The average molecular weight is 300 g/mol. The third kappa shape index (κ3) is 3.00. The lowest BCUT2D eigenvalue weighted by molar-refractivity contribution is -0.384. The minimum absolute atomic E-state index is 0.0161. The van der Waals surface area contributed by atoms with Gasteiger partial charge in [-0.1, -0.05) is 11.6 Å². The molecule has 1 unspecified atom stereocenters. The number of urea groups is 1. The summed E-state index contributed by atoms with van der Waals surface area (Å²) in [5.41, 5.74) is 0.0410. The number of rotatable bonds is 3. The molecule has 2 N–H and O–H groups in total. The van der Waals surface area contributed by atoms with Gasteiger partial charge < -0.3 is 15.3 Å². The molecule has 0 radical (unpaired) electrons. The average Bonchev–Trinajstić information content (AvgIpc) is 2.89. The van der Waals surface area contributed by atoms with Crippen molar-refractivity contribution in [2.45, 2.75) is 18.9 Å². The third-order valence-electron chi connectivity index (χ3n) is 3.24. The molecule has 0 spiro atoms. The maximum Gasteiger partial charge on any atom is 0.322 e. The van der Waals surface area contributed by atoms with Gasteiger partial charge in [-0.2, -0.15) is 0 Å². The Morgan fingerprint density at radius 1 is 1.60 bits per heavy atom. The topological polar surface area (TPSA) is 95.7 Å². The SMILES string of the molecule is O=C(Nc1ccc(Cl)c([N+](=O)[O-])c1)N1CCCC1CO. The standard InChI is InChI=1S/C12H14ClN3O4/c13-10-4-3-8(6-11(10)16(19)20)14-12(18)15-5-1-2-9(15)7-17/h3-4,6,9,17H,1-2,5,7H2,(H,14,18). The summed E-state index contributed by atoms with van der Waals surface area (Å²) in [7, 11) is 0. The number of hydrogen-bond donors (Lipinski definition) is 2. The van der Waals surface area contributed by atoms with Crippen LogP contribution in [0.4, 0.5) is 16.2 Å². The second-order valence-corrected chi connectivity index (χ2v) is 4.93. The summed E-state index contributed by atoms with van der Waals surface area (Å²) in [6.07, 6.45) is 1.59. The fourth-order valence-corrected chi connectivity index (χ4v) is 2.41. The summed E-state index contributed by atoms with van der Waals surface area (Å²) in [6, 6.07) is 3.50. The zero-order chi connectivity index (χ0) is 14.7. The maximum atomic E-state index is 12.1. The van der Waals surface area contributed by atoms with Crippen LogP contribution in [0.5, 0.6) is 0 Å². The first-order valence-electron chi connectivity index (χ1n) is 6.15. The van der Waals surface area contributed by atoms with Crippen LogP contribution in [0.15, 0.2) is 18.2 Å². The number of nitrogens with zero attached hydrogens (tertiary/aromatic N) is 2. The molecule has 0 saturated carbocycles. The van der Waals surface area contributed by atoms with Gasteiger partial charge in [0.15, 0.2) is 0 Å². The molecule has 1 aromatic rings. The van der Waals surface area contributed by atoms with Gasteiger partial charge in [-0.25, -0.2) is 4.79 Å². The molecule has 7 nitrogen and oxygen atoms in total. The van der Waals surface area contributed by atoms with Gasteiger partial charge in [0.25, 0.3) is 5.69 Å². The Morgan fingerprint density at radius 3 is 3.00 bits per heavy atom. The van der Waals surface area contributed by atoms with E-state index in [9.17, 15) is 20.0 Å². The van der Waals surface area contributed by atoms with E-state index in [1.807, 2.05) is 0 Å². The first-order chi connectivity index (χ1) is 9.52. The second kappa shape index (κ2) is 6.06. The molecule has 1 aliphatic rings. The Balaban J connectivity index is 2.12. The lowest BCUT2D eigenvalue weighted by Gasteiger charge is -2.23. The van der Waals surface area contributed by atoms with E-state index in [-0.39, 0.29) is 29.4 Å². The summed E-state index contributed by atoms with van der Waals surface area (Å²) in [4.78, 5) is 23.8. The predicted octanol–water partition coefficient (Wildman–Crippen LogP) is 2.24. The van der Waals surface area contributed by atoms with Crippen LogP contribution in [-0.2, 0) is 0 Å². The molecule has 2 amide bonds. The number of aliphatic hydroxyl groups is 1. The van der Waals surface area contributed by atoms with Crippen LogP contribution in [0, 0.1) is 10.1 Å². The van der Waals surface area contributed by atoms with Gasteiger partial charge in [0.2, 0.25) is 0 Å². The lowest BCUT2D eigenvalue weighted by atomic mass is 10.2. The zero-order valence-corrected chi connectivity index (χ0v) is 11.3. The van der Waals surface area contributed by atoms with E-state index in [4.69, 9.17) is 11.6 Å². The van der Waals surface area contributed by atoms with Crippen molar-refractivity contribution in [1.29, 1.82) is 0 Å². The minimum Gasteiger partial charge on any atom is -0.394 e. The highest BCUT2D eigenvalue weighted by Gasteiger charge is 2.28. The molecule has 1 fully saturated rings. The fraction of sp³-hybridized carbons (Fsp3) is 0.417. The molecule has 1 atom stereocenters. The highest BCUT2D eigenvalue weighted by molar-refractivity contribution is 6.32. The monoisotopic (exact) mass is 299 g/mol. The van der Waals surface area contributed by atoms with Crippen molar-refractivity contribution in [1.82, 2.24) is 4.90 Å². The zero-order valence-electron chi connectivity index (χ0n) is 10.6. The largest absolute Gasteiger partial charge is 0.394 e. The van der Waals surface area contributed by atoms with E-state index in [1.165, 1.54) is 23.1 Å². The molecular weight excluding hydrogens is 286 g/mol. The molecule has 2 rings (SSSR count). The minimum atomic E-state index is -0.607. The first-order valence-corrected chi connectivity index (χ1v) is 6.53. The number of benzene rings is 1. The Bertz CT molecular complexity index is 537. The van der Waals surface area contributed by atoms with Gasteiger partial charge in [0.1, 0.15) is 5.02 Å². The normalized spacial score (nSPS) is 18.1. The number of likely N-dealkylation sites (tertiary alicyclic amines) is 1. The molecule has 108 valence electrons. The van der Waals surface area contributed by atoms with Crippen LogP contribution < -0.4 is 5.32 Å². The quantitative estimate of drug-likeness (QED) is 0.661. The van der Waals surface area contributed by atoms with Crippen molar-refractivity contribution >= 4 is 29.0 Å². The highest BCUT2D eigenvalue weighted by Crippen LogP contribution is 2.28. The number of amides is 2. The Labute approximate surface area is 120 Å². The van der Waals surface area contributed by atoms with Gasteiger partial charge in [0, 0.05) is 18.3 Å². The van der Waals surface area contributed by atoms with E-state index in [2.05, 4.69) is 5.32 Å². The Hall–Kier alpha value is -1.86. The lowest BCUT2D eigenvalue weighted by Crippen LogP contribution is -2.40. The molecule has 0 aliphatic carbocycles.